The maximum atomic E-state index is 12.4. The van der Waals surface area contributed by atoms with E-state index in [0.29, 0.717) is 89.0 Å². The molecule has 2 N–H and O–H groups in total. The number of anilines is 5. The van der Waals surface area contributed by atoms with Crippen LogP contribution in [-0.4, -0.2) is 70.5 Å². The molecule has 0 unspecified atom stereocenters. The molecule has 0 spiro atoms. The third-order valence-electron chi connectivity index (χ3n) is 8.52. The fourth-order valence-electron chi connectivity index (χ4n) is 5.72. The molecule has 0 atom stereocenters. The molecular weight excluding hydrogens is 832 g/mol. The van der Waals surface area contributed by atoms with E-state index in [0.717, 1.165) is 0 Å². The number of halogens is 7. The van der Waals surface area contributed by atoms with Crippen molar-refractivity contribution in [3.05, 3.63) is 125 Å². The molecule has 19 heteroatoms. The van der Waals surface area contributed by atoms with Gasteiger partial charge in [0.1, 0.15) is 34.1 Å². The van der Waals surface area contributed by atoms with Crippen molar-refractivity contribution in [2.75, 3.05) is 41.8 Å². The number of rotatable bonds is 11. The van der Waals surface area contributed by atoms with Crippen LogP contribution < -0.4 is 25.0 Å². The first-order valence-electron chi connectivity index (χ1n) is 18.2. The Balaban J connectivity index is 0.000000207. The zero-order chi connectivity index (χ0) is 43.7. The van der Waals surface area contributed by atoms with Gasteiger partial charge < -0.3 is 29.7 Å². The van der Waals surface area contributed by atoms with Crippen molar-refractivity contribution >= 4 is 52.0 Å². The van der Waals surface area contributed by atoms with Crippen molar-refractivity contribution in [2.45, 2.75) is 26.6 Å². The van der Waals surface area contributed by atoms with E-state index in [1.54, 1.807) is 48.5 Å². The van der Waals surface area contributed by atoms with Crippen LogP contribution in [0.15, 0.2) is 109 Å². The average molecular weight is 866 g/mol. The molecule has 4 aromatic carbocycles. The first-order valence-corrected chi connectivity index (χ1v) is 18.6. The van der Waals surface area contributed by atoms with Gasteiger partial charge in [-0.3, -0.25) is 9.59 Å². The molecule has 1 fully saturated rings. The lowest BCUT2D eigenvalue weighted by Gasteiger charge is -2.28. The van der Waals surface area contributed by atoms with Gasteiger partial charge in [0, 0.05) is 58.9 Å². The molecule has 0 aliphatic carbocycles. The molecule has 1 saturated heterocycles. The fourth-order valence-corrected chi connectivity index (χ4v) is 5.91. The Morgan fingerprint density at radius 3 is 1.51 bits per heavy atom. The van der Waals surface area contributed by atoms with E-state index < -0.39 is 12.7 Å². The molecule has 61 heavy (non-hydrogen) atoms. The minimum atomic E-state index is -4.75. The number of aromatic nitrogens is 4. The summed E-state index contributed by atoms with van der Waals surface area (Å²) in [6.45, 7) is 5.41. The first-order chi connectivity index (χ1) is 29.0. The second-order valence-electron chi connectivity index (χ2n) is 13.1. The third-order valence-corrected chi connectivity index (χ3v) is 8.71. The van der Waals surface area contributed by atoms with E-state index in [1.165, 1.54) is 68.4 Å². The molecule has 7 rings (SSSR count). The molecule has 0 radical (unpaired) electrons. The summed E-state index contributed by atoms with van der Waals surface area (Å²) in [5.41, 5.74) is 3.34. The predicted molar refractivity (Wildman–Crippen MR) is 216 cm³/mol. The van der Waals surface area contributed by atoms with Crippen LogP contribution in [0.4, 0.5) is 55.2 Å². The molecule has 1 aliphatic heterocycles. The quantitative estimate of drug-likeness (QED) is 0.0727. The SMILES string of the molecule is CC(=O)c1cccc(-c2nc(Cl)cc(Nc3ccc(OC(F)(F)F)cc3)n2)c1.CC(=O)c1cccc(-c2nc(Nc3ccc(OC(F)(F)F)cc3)cc(N3CCOCC3)n2)c1. The zero-order valence-electron chi connectivity index (χ0n) is 32.1. The number of nitrogens with one attached hydrogen (secondary N) is 2. The number of hydrogen-bond acceptors (Lipinski definition) is 12. The summed E-state index contributed by atoms with van der Waals surface area (Å²) in [7, 11) is 0. The van der Waals surface area contributed by atoms with Crippen LogP contribution in [0.1, 0.15) is 34.6 Å². The van der Waals surface area contributed by atoms with Gasteiger partial charge in [-0.25, -0.2) is 19.9 Å². The van der Waals surface area contributed by atoms with E-state index in [1.807, 2.05) is 6.07 Å². The molecule has 3 heterocycles. The smallest absolute Gasteiger partial charge is 0.406 e. The Bertz CT molecular complexity index is 2480. The Labute approximate surface area is 349 Å². The Hall–Kier alpha value is -6.79. The number of morpholine rings is 1. The van der Waals surface area contributed by atoms with Gasteiger partial charge >= 0.3 is 12.7 Å². The largest absolute Gasteiger partial charge is 0.573 e. The Morgan fingerprint density at radius 1 is 0.623 bits per heavy atom. The van der Waals surface area contributed by atoms with E-state index in [4.69, 9.17) is 16.3 Å². The number of hydrogen-bond donors (Lipinski definition) is 2. The summed E-state index contributed by atoms with van der Waals surface area (Å²) in [5, 5.41) is 6.22. The first kappa shape index (κ1) is 43.8. The lowest BCUT2D eigenvalue weighted by Crippen LogP contribution is -2.36. The van der Waals surface area contributed by atoms with Crippen molar-refractivity contribution in [2.24, 2.45) is 0 Å². The van der Waals surface area contributed by atoms with Crippen LogP contribution >= 0.6 is 11.6 Å². The summed E-state index contributed by atoms with van der Waals surface area (Å²) >= 11 is 6.06. The zero-order valence-corrected chi connectivity index (χ0v) is 32.9. The molecule has 2 aromatic heterocycles. The van der Waals surface area contributed by atoms with Crippen molar-refractivity contribution < 1.29 is 50.1 Å². The molecule has 6 aromatic rings. The van der Waals surface area contributed by atoms with Gasteiger partial charge in [0.25, 0.3) is 0 Å². The number of ketones is 2. The molecule has 0 bridgehead atoms. The van der Waals surface area contributed by atoms with Gasteiger partial charge in [-0.2, -0.15) is 0 Å². The highest BCUT2D eigenvalue weighted by atomic mass is 35.5. The van der Waals surface area contributed by atoms with E-state index in [-0.39, 0.29) is 28.2 Å². The highest BCUT2D eigenvalue weighted by Crippen LogP contribution is 2.30. The number of benzene rings is 4. The molecule has 0 amide bonds. The van der Waals surface area contributed by atoms with Crippen molar-refractivity contribution in [3.63, 3.8) is 0 Å². The maximum Gasteiger partial charge on any atom is 0.573 e. The number of Topliss-reactive ketones (excluding diaryl/α,β-unsaturated/α-hetero) is 2. The second-order valence-corrected chi connectivity index (χ2v) is 13.5. The molecule has 1 aliphatic rings. The molecular formula is C42H34ClF6N7O5. The van der Waals surface area contributed by atoms with Crippen LogP contribution in [0.2, 0.25) is 5.15 Å². The lowest BCUT2D eigenvalue weighted by atomic mass is 10.1. The van der Waals surface area contributed by atoms with Crippen LogP contribution in [0, 0.1) is 0 Å². The van der Waals surface area contributed by atoms with Crippen LogP contribution in [-0.2, 0) is 4.74 Å². The summed E-state index contributed by atoms with van der Waals surface area (Å²) in [6.07, 6.45) is -9.50. The molecule has 316 valence electrons. The minimum Gasteiger partial charge on any atom is -0.406 e. The van der Waals surface area contributed by atoms with Gasteiger partial charge in [-0.1, -0.05) is 48.0 Å². The average Bonchev–Trinajstić information content (AvgIpc) is 3.21. The summed E-state index contributed by atoms with van der Waals surface area (Å²) < 4.78 is 87.1. The van der Waals surface area contributed by atoms with Gasteiger partial charge in [0.05, 0.1) is 13.2 Å². The number of alkyl halides is 6. The Morgan fingerprint density at radius 2 is 1.07 bits per heavy atom. The Kier molecular flexibility index (Phi) is 13.7. The lowest BCUT2D eigenvalue weighted by molar-refractivity contribution is -0.275. The van der Waals surface area contributed by atoms with Gasteiger partial charge in [0.2, 0.25) is 0 Å². The fraction of sp³-hybridized carbons (Fsp3) is 0.190. The van der Waals surface area contributed by atoms with Crippen molar-refractivity contribution in [3.8, 4) is 34.3 Å². The predicted octanol–water partition coefficient (Wildman–Crippen LogP) is 10.5. The third kappa shape index (κ3) is 13.1. The maximum absolute atomic E-state index is 12.4. The number of nitrogens with zero attached hydrogens (tertiary/aromatic N) is 5. The topological polar surface area (TPSA) is 141 Å². The molecule has 12 nitrogen and oxygen atoms in total. The second kappa shape index (κ2) is 19.1. The number of ether oxygens (including phenoxy) is 3. The molecule has 0 saturated carbocycles. The van der Waals surface area contributed by atoms with Gasteiger partial charge in [0.15, 0.2) is 23.2 Å². The normalized spacial score (nSPS) is 12.8. The van der Waals surface area contributed by atoms with Crippen molar-refractivity contribution in [1.82, 2.24) is 19.9 Å². The number of carbonyl (C=O) groups excluding carboxylic acids is 2. The van der Waals surface area contributed by atoms with E-state index in [2.05, 4.69) is 44.9 Å². The highest BCUT2D eigenvalue weighted by molar-refractivity contribution is 6.29. The van der Waals surface area contributed by atoms with Crippen LogP contribution in [0.5, 0.6) is 11.5 Å². The highest BCUT2D eigenvalue weighted by Gasteiger charge is 2.31. The van der Waals surface area contributed by atoms with Gasteiger partial charge in [-0.15, -0.1) is 26.3 Å². The summed E-state index contributed by atoms with van der Waals surface area (Å²) in [4.78, 5) is 43.2. The van der Waals surface area contributed by atoms with Crippen molar-refractivity contribution in [1.29, 1.82) is 0 Å². The number of carbonyl (C=O) groups is 2. The van der Waals surface area contributed by atoms with Gasteiger partial charge in [-0.05, 0) is 74.5 Å². The van der Waals surface area contributed by atoms with Crippen LogP contribution in [0.25, 0.3) is 22.8 Å². The summed E-state index contributed by atoms with van der Waals surface area (Å²) in [6, 6.07) is 27.6. The monoisotopic (exact) mass is 865 g/mol. The van der Waals surface area contributed by atoms with E-state index >= 15 is 0 Å². The summed E-state index contributed by atoms with van der Waals surface area (Å²) in [5.74, 6) is 1.38. The van der Waals surface area contributed by atoms with Crippen LogP contribution in [0.3, 0.4) is 0 Å². The standard InChI is InChI=1S/C23H21F3N4O3.C19H13ClF3N3O2/c1-15(31)16-3-2-4-17(13-16)22-28-20(14-21(29-22)30-9-11-32-12-10-30)27-18-5-7-19(8-6-18)33-23(24,25)26;1-11(27)12-3-2-4-13(9-12)18-25-16(20)10-17(26-18)24-14-5-7-15(8-6-14)28-19(21,22)23/h2-8,13-14H,9-12H2,1H3,(H,27,28,29);2-10H,1H3,(H,24,25,26). The van der Waals surface area contributed by atoms with E-state index in [9.17, 15) is 35.9 Å². The minimum absolute atomic E-state index is 0.0688.